The fourth-order valence-corrected chi connectivity index (χ4v) is 1.92. The van der Waals surface area contributed by atoms with E-state index in [9.17, 15) is 4.79 Å². The molecule has 1 heterocycles. The predicted molar refractivity (Wildman–Crippen MR) is 62.0 cm³/mol. The lowest BCUT2D eigenvalue weighted by Gasteiger charge is -2.39. The molecular weight excluding hydrogens is 190 g/mol. The second-order valence-corrected chi connectivity index (χ2v) is 4.22. The standard InChI is InChI=1S/C11H23N3O/c1-4-6-12-11(15)14-8-7-13(3)10(5-2)9-14/h10H,4-9H2,1-3H3,(H,12,15). The van der Waals surface area contributed by atoms with Crippen molar-refractivity contribution in [2.75, 3.05) is 33.2 Å². The zero-order chi connectivity index (χ0) is 11.3. The second-order valence-electron chi connectivity index (χ2n) is 4.22. The molecule has 1 atom stereocenters. The van der Waals surface area contributed by atoms with Crippen LogP contribution in [0.1, 0.15) is 26.7 Å². The molecule has 88 valence electrons. The average molecular weight is 213 g/mol. The van der Waals surface area contributed by atoms with Crippen LogP contribution >= 0.6 is 0 Å². The minimum Gasteiger partial charge on any atom is -0.338 e. The summed E-state index contributed by atoms with van der Waals surface area (Å²) >= 11 is 0. The lowest BCUT2D eigenvalue weighted by molar-refractivity contribution is 0.108. The summed E-state index contributed by atoms with van der Waals surface area (Å²) in [5.41, 5.74) is 0. The van der Waals surface area contributed by atoms with E-state index in [0.29, 0.717) is 6.04 Å². The number of carbonyl (C=O) groups excluding carboxylic acids is 1. The zero-order valence-electron chi connectivity index (χ0n) is 10.1. The third-order valence-corrected chi connectivity index (χ3v) is 3.06. The lowest BCUT2D eigenvalue weighted by Crippen LogP contribution is -2.55. The summed E-state index contributed by atoms with van der Waals surface area (Å²) < 4.78 is 0. The molecule has 1 fully saturated rings. The minimum atomic E-state index is 0.100. The highest BCUT2D eigenvalue weighted by atomic mass is 16.2. The van der Waals surface area contributed by atoms with Crippen LogP contribution in [-0.4, -0.2) is 55.1 Å². The van der Waals surface area contributed by atoms with Gasteiger partial charge in [-0.2, -0.15) is 0 Å². The van der Waals surface area contributed by atoms with Crippen molar-refractivity contribution >= 4 is 6.03 Å². The van der Waals surface area contributed by atoms with Crippen LogP contribution in [0.3, 0.4) is 0 Å². The van der Waals surface area contributed by atoms with Crippen LogP contribution in [0.15, 0.2) is 0 Å². The fourth-order valence-electron chi connectivity index (χ4n) is 1.92. The molecule has 4 nitrogen and oxygen atoms in total. The molecule has 15 heavy (non-hydrogen) atoms. The monoisotopic (exact) mass is 213 g/mol. The van der Waals surface area contributed by atoms with Gasteiger partial charge in [-0.05, 0) is 19.9 Å². The quantitative estimate of drug-likeness (QED) is 0.763. The summed E-state index contributed by atoms with van der Waals surface area (Å²) in [6.45, 7) is 7.72. The average Bonchev–Trinajstić information content (AvgIpc) is 2.26. The number of nitrogens with one attached hydrogen (secondary N) is 1. The van der Waals surface area contributed by atoms with Crippen LogP contribution in [0, 0.1) is 0 Å². The molecule has 2 amide bonds. The van der Waals surface area contributed by atoms with Crippen molar-refractivity contribution in [1.82, 2.24) is 15.1 Å². The topological polar surface area (TPSA) is 35.6 Å². The first kappa shape index (κ1) is 12.3. The van der Waals surface area contributed by atoms with Gasteiger partial charge in [0.25, 0.3) is 0 Å². The maximum Gasteiger partial charge on any atom is 0.317 e. The molecule has 0 aromatic heterocycles. The van der Waals surface area contributed by atoms with E-state index in [2.05, 4.69) is 31.1 Å². The smallest absolute Gasteiger partial charge is 0.317 e. The molecule has 0 radical (unpaired) electrons. The Morgan fingerprint density at radius 3 is 2.73 bits per heavy atom. The number of piperazine rings is 1. The van der Waals surface area contributed by atoms with Gasteiger partial charge in [-0.15, -0.1) is 0 Å². The van der Waals surface area contributed by atoms with Gasteiger partial charge in [-0.3, -0.25) is 4.90 Å². The van der Waals surface area contributed by atoms with Gasteiger partial charge in [0, 0.05) is 32.2 Å². The van der Waals surface area contributed by atoms with Gasteiger partial charge in [0.05, 0.1) is 0 Å². The highest BCUT2D eigenvalue weighted by Crippen LogP contribution is 2.10. The molecule has 1 rings (SSSR count). The third-order valence-electron chi connectivity index (χ3n) is 3.06. The number of hydrogen-bond donors (Lipinski definition) is 1. The summed E-state index contributed by atoms with van der Waals surface area (Å²) in [6.07, 6.45) is 2.10. The van der Waals surface area contributed by atoms with Crippen molar-refractivity contribution in [3.05, 3.63) is 0 Å². The largest absolute Gasteiger partial charge is 0.338 e. The molecule has 0 bridgehead atoms. The van der Waals surface area contributed by atoms with Gasteiger partial charge >= 0.3 is 6.03 Å². The molecular formula is C11H23N3O. The van der Waals surface area contributed by atoms with Crippen molar-refractivity contribution in [3.63, 3.8) is 0 Å². The van der Waals surface area contributed by atoms with Crippen molar-refractivity contribution in [1.29, 1.82) is 0 Å². The predicted octanol–water partition coefficient (Wildman–Crippen LogP) is 1.13. The summed E-state index contributed by atoms with van der Waals surface area (Å²) in [5.74, 6) is 0. The van der Waals surface area contributed by atoms with Crippen molar-refractivity contribution in [2.24, 2.45) is 0 Å². The third kappa shape index (κ3) is 3.38. The number of hydrogen-bond acceptors (Lipinski definition) is 2. The van der Waals surface area contributed by atoms with E-state index in [1.807, 2.05) is 4.90 Å². The van der Waals surface area contributed by atoms with E-state index < -0.39 is 0 Å². The molecule has 1 aliphatic heterocycles. The van der Waals surface area contributed by atoms with E-state index in [4.69, 9.17) is 0 Å². The Morgan fingerprint density at radius 1 is 1.40 bits per heavy atom. The van der Waals surface area contributed by atoms with Crippen LogP contribution < -0.4 is 5.32 Å². The normalized spacial score (nSPS) is 22.9. The lowest BCUT2D eigenvalue weighted by atomic mass is 10.1. The molecule has 1 unspecified atom stereocenters. The summed E-state index contributed by atoms with van der Waals surface area (Å²) in [7, 11) is 2.13. The van der Waals surface area contributed by atoms with Gasteiger partial charge in [-0.25, -0.2) is 4.79 Å². The SMILES string of the molecule is CCCNC(=O)N1CCN(C)C(CC)C1. The first-order valence-corrected chi connectivity index (χ1v) is 5.92. The number of nitrogens with zero attached hydrogens (tertiary/aromatic N) is 2. The van der Waals surface area contributed by atoms with Crippen LogP contribution in [0.2, 0.25) is 0 Å². The van der Waals surface area contributed by atoms with Crippen molar-refractivity contribution in [2.45, 2.75) is 32.7 Å². The second kappa shape index (κ2) is 5.95. The maximum atomic E-state index is 11.7. The fraction of sp³-hybridized carbons (Fsp3) is 0.909. The Balaban J connectivity index is 2.40. The summed E-state index contributed by atoms with van der Waals surface area (Å²) in [6, 6.07) is 0.620. The number of likely N-dealkylation sites (N-methyl/N-ethyl adjacent to an activating group) is 1. The van der Waals surface area contributed by atoms with Crippen LogP contribution in [0.25, 0.3) is 0 Å². The minimum absolute atomic E-state index is 0.100. The van der Waals surface area contributed by atoms with Gasteiger partial charge in [0.15, 0.2) is 0 Å². The van der Waals surface area contributed by atoms with Gasteiger partial charge < -0.3 is 10.2 Å². The van der Waals surface area contributed by atoms with E-state index in [1.165, 1.54) is 0 Å². The van der Waals surface area contributed by atoms with Gasteiger partial charge in [0.1, 0.15) is 0 Å². The summed E-state index contributed by atoms with van der Waals surface area (Å²) in [5, 5.41) is 2.93. The molecule has 1 N–H and O–H groups in total. The first-order valence-electron chi connectivity index (χ1n) is 5.92. The molecule has 0 saturated carbocycles. The van der Waals surface area contributed by atoms with E-state index in [0.717, 1.165) is 39.0 Å². The highest BCUT2D eigenvalue weighted by molar-refractivity contribution is 5.74. The van der Waals surface area contributed by atoms with Gasteiger partial charge in [0.2, 0.25) is 0 Å². The van der Waals surface area contributed by atoms with Crippen LogP contribution in [0.5, 0.6) is 0 Å². The van der Waals surface area contributed by atoms with Crippen LogP contribution in [0.4, 0.5) is 4.79 Å². The summed E-state index contributed by atoms with van der Waals surface area (Å²) in [4.78, 5) is 16.0. The molecule has 1 aliphatic rings. The Kier molecular flexibility index (Phi) is 4.88. The van der Waals surface area contributed by atoms with E-state index in [1.54, 1.807) is 0 Å². The Labute approximate surface area is 92.6 Å². The van der Waals surface area contributed by atoms with E-state index in [-0.39, 0.29) is 6.03 Å². The number of urea groups is 1. The zero-order valence-corrected chi connectivity index (χ0v) is 10.1. The van der Waals surface area contributed by atoms with E-state index >= 15 is 0 Å². The van der Waals surface area contributed by atoms with Crippen LogP contribution in [-0.2, 0) is 0 Å². The van der Waals surface area contributed by atoms with Crippen molar-refractivity contribution in [3.8, 4) is 0 Å². The molecule has 0 aromatic carbocycles. The Bertz CT molecular complexity index is 208. The molecule has 0 aromatic rings. The van der Waals surface area contributed by atoms with Crippen molar-refractivity contribution < 1.29 is 4.79 Å². The van der Waals surface area contributed by atoms with Gasteiger partial charge in [-0.1, -0.05) is 13.8 Å². The molecule has 1 saturated heterocycles. The Hall–Kier alpha value is -0.770. The number of amides is 2. The number of carbonyl (C=O) groups is 1. The molecule has 4 heteroatoms. The number of rotatable bonds is 3. The highest BCUT2D eigenvalue weighted by Gasteiger charge is 2.25. The molecule has 0 spiro atoms. The first-order chi connectivity index (χ1) is 7.19. The maximum absolute atomic E-state index is 11.7. The molecule has 0 aliphatic carbocycles. The Morgan fingerprint density at radius 2 is 2.13 bits per heavy atom.